The van der Waals surface area contributed by atoms with Crippen molar-refractivity contribution in [2.24, 2.45) is 5.73 Å². The molecule has 1 aromatic carbocycles. The van der Waals surface area contributed by atoms with Crippen molar-refractivity contribution >= 4 is 39.0 Å². The van der Waals surface area contributed by atoms with Crippen LogP contribution in [0.1, 0.15) is 30.4 Å². The maximum atomic E-state index is 12.0. The summed E-state index contributed by atoms with van der Waals surface area (Å²) < 4.78 is 0.910. The number of hydrogen-bond donors (Lipinski definition) is 3. The first-order chi connectivity index (χ1) is 9.28. The molecule has 0 saturated carbocycles. The Morgan fingerprint density at radius 3 is 2.45 bits per heavy atom. The van der Waals surface area contributed by atoms with Gasteiger partial charge in [-0.3, -0.25) is 4.79 Å². The van der Waals surface area contributed by atoms with E-state index in [4.69, 9.17) is 5.73 Å². The molecule has 4 N–H and O–H groups in total. The fourth-order valence-electron chi connectivity index (χ4n) is 1.83. The molecule has 0 saturated heterocycles. The predicted octanol–water partition coefficient (Wildman–Crippen LogP) is 2.92. The third-order valence-corrected chi connectivity index (χ3v) is 3.73. The molecule has 2 aromatic rings. The van der Waals surface area contributed by atoms with Crippen molar-refractivity contribution < 1.29 is 9.59 Å². The van der Waals surface area contributed by atoms with Crippen LogP contribution < -0.4 is 16.4 Å². The van der Waals surface area contributed by atoms with Gasteiger partial charge in [-0.2, -0.15) is 0 Å². The van der Waals surface area contributed by atoms with Gasteiger partial charge < -0.3 is 16.4 Å². The Hall–Kier alpha value is -2.08. The van der Waals surface area contributed by atoms with Crippen LogP contribution in [0, 0.1) is 0 Å². The average molecular weight is 291 g/mol. The number of amides is 3. The third kappa shape index (κ3) is 3.08. The smallest absolute Gasteiger partial charge is 0.319 e. The molecule has 0 fully saturated rings. The first-order valence-electron chi connectivity index (χ1n) is 6.18. The SMILES string of the molecule is CC(C)(C)NC(=O)Nc1c(C(N)=O)sc2ccccc12. The van der Waals surface area contributed by atoms with E-state index >= 15 is 0 Å². The minimum absolute atomic E-state index is 0.357. The maximum Gasteiger partial charge on any atom is 0.319 e. The summed E-state index contributed by atoms with van der Waals surface area (Å²) in [6.07, 6.45) is 0. The van der Waals surface area contributed by atoms with E-state index in [0.717, 1.165) is 10.1 Å². The minimum Gasteiger partial charge on any atom is -0.365 e. The summed E-state index contributed by atoms with van der Waals surface area (Å²) in [6, 6.07) is 7.11. The molecule has 0 bridgehead atoms. The van der Waals surface area contributed by atoms with E-state index in [-0.39, 0.29) is 11.6 Å². The van der Waals surface area contributed by atoms with Gasteiger partial charge >= 0.3 is 6.03 Å². The van der Waals surface area contributed by atoms with Gasteiger partial charge in [-0.1, -0.05) is 18.2 Å². The second-order valence-electron chi connectivity index (χ2n) is 5.50. The number of thiophene rings is 1. The third-order valence-electron chi connectivity index (χ3n) is 2.55. The number of hydrogen-bond acceptors (Lipinski definition) is 3. The molecule has 0 atom stereocenters. The molecule has 20 heavy (non-hydrogen) atoms. The second-order valence-corrected chi connectivity index (χ2v) is 6.55. The molecule has 0 radical (unpaired) electrons. The number of benzene rings is 1. The van der Waals surface area contributed by atoms with Gasteiger partial charge in [0.05, 0.1) is 5.69 Å². The highest BCUT2D eigenvalue weighted by molar-refractivity contribution is 7.21. The highest BCUT2D eigenvalue weighted by Crippen LogP contribution is 2.35. The van der Waals surface area contributed by atoms with Crippen LogP contribution in [0.5, 0.6) is 0 Å². The minimum atomic E-state index is -0.544. The lowest BCUT2D eigenvalue weighted by Gasteiger charge is -2.20. The molecule has 106 valence electrons. The number of carbonyl (C=O) groups is 2. The molecule has 0 aliphatic rings. The normalized spacial score (nSPS) is 11.3. The average Bonchev–Trinajstić information content (AvgIpc) is 2.66. The molecule has 3 amide bonds. The zero-order chi connectivity index (χ0) is 14.9. The number of primary amides is 1. The molecule has 0 unspecified atom stereocenters. The van der Waals surface area contributed by atoms with Gasteiger partial charge in [0.15, 0.2) is 0 Å². The number of nitrogens with two attached hydrogens (primary N) is 1. The van der Waals surface area contributed by atoms with Crippen molar-refractivity contribution in [3.8, 4) is 0 Å². The largest absolute Gasteiger partial charge is 0.365 e. The van der Waals surface area contributed by atoms with Crippen molar-refractivity contribution in [3.05, 3.63) is 29.1 Å². The summed E-state index contributed by atoms with van der Waals surface area (Å²) in [4.78, 5) is 23.9. The quantitative estimate of drug-likeness (QED) is 0.794. The molecular formula is C14H17N3O2S. The van der Waals surface area contributed by atoms with Crippen LogP contribution in [0.25, 0.3) is 10.1 Å². The van der Waals surface area contributed by atoms with Crippen LogP contribution >= 0.6 is 11.3 Å². The molecular weight excluding hydrogens is 274 g/mol. The van der Waals surface area contributed by atoms with Crippen LogP contribution in [0.2, 0.25) is 0 Å². The summed E-state index contributed by atoms with van der Waals surface area (Å²) in [6.45, 7) is 5.65. The van der Waals surface area contributed by atoms with Gasteiger partial charge in [0.1, 0.15) is 4.88 Å². The van der Waals surface area contributed by atoms with E-state index in [1.165, 1.54) is 11.3 Å². The Morgan fingerprint density at radius 1 is 1.20 bits per heavy atom. The lowest BCUT2D eigenvalue weighted by molar-refractivity contribution is 0.100. The van der Waals surface area contributed by atoms with Gasteiger partial charge in [0.25, 0.3) is 5.91 Å². The number of nitrogens with one attached hydrogen (secondary N) is 2. The molecule has 5 nitrogen and oxygen atoms in total. The van der Waals surface area contributed by atoms with E-state index in [1.54, 1.807) is 0 Å². The van der Waals surface area contributed by atoms with Crippen molar-refractivity contribution in [2.75, 3.05) is 5.32 Å². The first kappa shape index (κ1) is 14.3. The topological polar surface area (TPSA) is 84.2 Å². The number of fused-ring (bicyclic) bond motifs is 1. The molecule has 2 rings (SSSR count). The molecule has 0 aliphatic heterocycles. The summed E-state index contributed by atoms with van der Waals surface area (Å²) in [7, 11) is 0. The Balaban J connectivity index is 2.39. The lowest BCUT2D eigenvalue weighted by atomic mass is 10.1. The number of anilines is 1. The fraction of sp³-hybridized carbons (Fsp3) is 0.286. The summed E-state index contributed by atoms with van der Waals surface area (Å²) >= 11 is 1.27. The van der Waals surface area contributed by atoms with Crippen LogP contribution in [-0.2, 0) is 0 Å². The molecule has 1 heterocycles. The zero-order valence-electron chi connectivity index (χ0n) is 11.6. The Kier molecular flexibility index (Phi) is 3.67. The highest BCUT2D eigenvalue weighted by atomic mass is 32.1. The monoisotopic (exact) mass is 291 g/mol. The maximum absolute atomic E-state index is 12.0. The number of carbonyl (C=O) groups excluding carboxylic acids is 2. The van der Waals surface area contributed by atoms with Gasteiger partial charge in [0.2, 0.25) is 0 Å². The van der Waals surface area contributed by atoms with Crippen LogP contribution in [0.3, 0.4) is 0 Å². The van der Waals surface area contributed by atoms with Crippen LogP contribution in [0.4, 0.5) is 10.5 Å². The predicted molar refractivity (Wildman–Crippen MR) is 82.3 cm³/mol. The molecule has 1 aromatic heterocycles. The second kappa shape index (κ2) is 5.13. The van der Waals surface area contributed by atoms with Crippen molar-refractivity contribution in [3.63, 3.8) is 0 Å². The lowest BCUT2D eigenvalue weighted by Crippen LogP contribution is -2.43. The van der Waals surface area contributed by atoms with Crippen LogP contribution in [-0.4, -0.2) is 17.5 Å². The summed E-state index contributed by atoms with van der Waals surface area (Å²) in [5.41, 5.74) is 5.49. The van der Waals surface area contributed by atoms with Crippen molar-refractivity contribution in [1.29, 1.82) is 0 Å². The Morgan fingerprint density at radius 2 is 1.85 bits per heavy atom. The first-order valence-corrected chi connectivity index (χ1v) is 7.00. The Bertz CT molecular complexity index is 671. The summed E-state index contributed by atoms with van der Waals surface area (Å²) in [5.74, 6) is -0.544. The van der Waals surface area contributed by atoms with Gasteiger partial charge in [-0.25, -0.2) is 4.79 Å². The molecule has 0 aliphatic carbocycles. The van der Waals surface area contributed by atoms with Gasteiger partial charge in [-0.15, -0.1) is 11.3 Å². The van der Waals surface area contributed by atoms with Gasteiger partial charge in [-0.05, 0) is 26.8 Å². The molecule has 6 heteroatoms. The standard InChI is InChI=1S/C14H17N3O2S/c1-14(2,3)17-13(19)16-10-8-6-4-5-7-9(8)20-11(10)12(15)18/h4-7H,1-3H3,(H2,15,18)(H2,16,17,19). The van der Waals surface area contributed by atoms with Crippen LogP contribution in [0.15, 0.2) is 24.3 Å². The van der Waals surface area contributed by atoms with Crippen molar-refractivity contribution in [1.82, 2.24) is 5.32 Å². The molecule has 0 spiro atoms. The van der Waals surface area contributed by atoms with E-state index in [0.29, 0.717) is 10.6 Å². The zero-order valence-corrected chi connectivity index (χ0v) is 12.4. The van der Waals surface area contributed by atoms with E-state index in [9.17, 15) is 9.59 Å². The van der Waals surface area contributed by atoms with E-state index in [1.807, 2.05) is 45.0 Å². The van der Waals surface area contributed by atoms with E-state index < -0.39 is 5.91 Å². The number of urea groups is 1. The number of rotatable bonds is 2. The summed E-state index contributed by atoms with van der Waals surface area (Å²) in [5, 5.41) is 6.34. The Labute approximate surface area is 121 Å². The van der Waals surface area contributed by atoms with Crippen molar-refractivity contribution in [2.45, 2.75) is 26.3 Å². The van der Waals surface area contributed by atoms with Gasteiger partial charge in [0, 0.05) is 15.6 Å². The fourth-order valence-corrected chi connectivity index (χ4v) is 2.84. The van der Waals surface area contributed by atoms with E-state index in [2.05, 4.69) is 10.6 Å². The highest BCUT2D eigenvalue weighted by Gasteiger charge is 2.20.